The summed E-state index contributed by atoms with van der Waals surface area (Å²) < 4.78 is 3.22. The molecule has 1 aromatic heterocycles. The van der Waals surface area contributed by atoms with Crippen LogP contribution in [0.2, 0.25) is 0 Å². The lowest BCUT2D eigenvalue weighted by Crippen LogP contribution is -2.38. The Bertz CT molecular complexity index is 850. The number of halogens is 1. The molecule has 6 heteroatoms. The molecule has 27 heavy (non-hydrogen) atoms. The van der Waals surface area contributed by atoms with Crippen molar-refractivity contribution in [1.29, 1.82) is 0 Å². The maximum absolute atomic E-state index is 12.1. The highest BCUT2D eigenvalue weighted by Crippen LogP contribution is 2.30. The normalized spacial score (nSPS) is 15.4. The number of para-hydroxylation sites is 1. The number of aryl methyl sites for hydroxylation is 1. The van der Waals surface area contributed by atoms with Gasteiger partial charge in [0.1, 0.15) is 0 Å². The fourth-order valence-electron chi connectivity index (χ4n) is 3.67. The highest BCUT2D eigenvalue weighted by atomic mass is 79.9. The van der Waals surface area contributed by atoms with Crippen LogP contribution in [-0.2, 0) is 4.79 Å². The summed E-state index contributed by atoms with van der Waals surface area (Å²) >= 11 is 3.69. The molecule has 1 fully saturated rings. The van der Waals surface area contributed by atoms with Gasteiger partial charge in [-0.1, -0.05) is 24.6 Å². The van der Waals surface area contributed by atoms with Gasteiger partial charge in [-0.25, -0.2) is 5.43 Å². The molecule has 2 heterocycles. The van der Waals surface area contributed by atoms with Crippen molar-refractivity contribution in [3.05, 3.63) is 51.3 Å². The van der Waals surface area contributed by atoms with E-state index in [-0.39, 0.29) is 5.91 Å². The number of carbonyl (C=O) groups excluding carboxylic acids is 1. The van der Waals surface area contributed by atoms with Crippen LogP contribution < -0.4 is 5.43 Å². The lowest BCUT2D eigenvalue weighted by molar-refractivity contribution is -0.122. The monoisotopic (exact) mass is 430 g/mol. The van der Waals surface area contributed by atoms with E-state index < -0.39 is 0 Å². The second kappa shape index (κ2) is 8.85. The maximum atomic E-state index is 12.1. The maximum Gasteiger partial charge on any atom is 0.254 e. The number of benzene rings is 1. The Hall–Kier alpha value is -1.92. The van der Waals surface area contributed by atoms with E-state index in [0.717, 1.165) is 40.2 Å². The molecule has 0 unspecified atom stereocenters. The fraction of sp³-hybridized carbons (Fsp3) is 0.429. The van der Waals surface area contributed by atoms with Gasteiger partial charge >= 0.3 is 0 Å². The highest BCUT2D eigenvalue weighted by Gasteiger charge is 2.17. The number of nitrogens with one attached hydrogen (secondary N) is 1. The van der Waals surface area contributed by atoms with E-state index in [1.54, 1.807) is 6.21 Å². The van der Waals surface area contributed by atoms with E-state index in [9.17, 15) is 4.79 Å². The van der Waals surface area contributed by atoms with Gasteiger partial charge in [-0.2, -0.15) is 5.10 Å². The summed E-state index contributed by atoms with van der Waals surface area (Å²) in [5, 5.41) is 4.20. The predicted octanol–water partition coefficient (Wildman–Crippen LogP) is 4.10. The Kier molecular flexibility index (Phi) is 6.50. The van der Waals surface area contributed by atoms with Crippen molar-refractivity contribution >= 4 is 28.1 Å². The summed E-state index contributed by atoms with van der Waals surface area (Å²) in [6.45, 7) is 8.68. The van der Waals surface area contributed by atoms with E-state index in [2.05, 4.69) is 68.8 Å². The molecule has 5 nitrogen and oxygen atoms in total. The number of aromatic nitrogens is 1. The first-order valence-corrected chi connectivity index (χ1v) is 10.3. The standard InChI is InChI=1S/C21H27BrN4O/c1-15-9-5-6-10-19(15)26-16(2)18(21(22)17(26)3)13-23-24-20(27)14-25-11-7-4-8-12-25/h5-6,9-10,13H,4,7-8,11-12,14H2,1-3H3,(H,24,27)/b23-13-. The molecule has 0 saturated carbocycles. The fourth-order valence-corrected chi connectivity index (χ4v) is 4.24. The summed E-state index contributed by atoms with van der Waals surface area (Å²) in [4.78, 5) is 14.3. The Morgan fingerprint density at radius 2 is 1.85 bits per heavy atom. The number of hydrogen-bond acceptors (Lipinski definition) is 3. The molecule has 1 aromatic carbocycles. The van der Waals surface area contributed by atoms with Gasteiger partial charge in [0, 0.05) is 27.1 Å². The molecule has 1 N–H and O–H groups in total. The molecule has 1 amide bonds. The second-order valence-corrected chi connectivity index (χ2v) is 7.94. The second-order valence-electron chi connectivity index (χ2n) is 7.15. The predicted molar refractivity (Wildman–Crippen MR) is 114 cm³/mol. The number of piperidine rings is 1. The van der Waals surface area contributed by atoms with Crippen molar-refractivity contribution < 1.29 is 4.79 Å². The number of hydrazone groups is 1. The smallest absolute Gasteiger partial charge is 0.254 e. The summed E-state index contributed by atoms with van der Waals surface area (Å²) in [7, 11) is 0. The number of carbonyl (C=O) groups is 1. The molecule has 0 bridgehead atoms. The van der Waals surface area contributed by atoms with E-state index in [1.807, 2.05) is 12.1 Å². The van der Waals surface area contributed by atoms with E-state index >= 15 is 0 Å². The number of hydrogen-bond donors (Lipinski definition) is 1. The summed E-state index contributed by atoms with van der Waals surface area (Å²) in [6, 6.07) is 8.31. The van der Waals surface area contributed by atoms with Crippen molar-refractivity contribution in [2.75, 3.05) is 19.6 Å². The van der Waals surface area contributed by atoms with Crippen molar-refractivity contribution in [3.8, 4) is 5.69 Å². The third-order valence-electron chi connectivity index (χ3n) is 5.17. The molecule has 1 aliphatic heterocycles. The highest BCUT2D eigenvalue weighted by molar-refractivity contribution is 9.10. The molecule has 3 rings (SSSR count). The van der Waals surface area contributed by atoms with Gasteiger partial charge in [0.2, 0.25) is 0 Å². The molecule has 1 aliphatic rings. The van der Waals surface area contributed by atoms with Gasteiger partial charge in [-0.05, 0) is 74.3 Å². The molecule has 0 aliphatic carbocycles. The van der Waals surface area contributed by atoms with Crippen LogP contribution in [0.25, 0.3) is 5.69 Å². The van der Waals surface area contributed by atoms with Gasteiger partial charge in [-0.3, -0.25) is 9.69 Å². The summed E-state index contributed by atoms with van der Waals surface area (Å²) in [5.41, 5.74) is 8.22. The zero-order valence-electron chi connectivity index (χ0n) is 16.3. The molecular weight excluding hydrogens is 404 g/mol. The molecule has 2 aromatic rings. The minimum atomic E-state index is -0.0583. The van der Waals surface area contributed by atoms with Crippen LogP contribution in [0, 0.1) is 20.8 Å². The van der Waals surface area contributed by atoms with Crippen LogP contribution in [0.3, 0.4) is 0 Å². The average Bonchev–Trinajstić information content (AvgIpc) is 2.86. The van der Waals surface area contributed by atoms with E-state index in [4.69, 9.17) is 0 Å². The molecule has 1 saturated heterocycles. The minimum absolute atomic E-state index is 0.0583. The Morgan fingerprint density at radius 3 is 2.56 bits per heavy atom. The van der Waals surface area contributed by atoms with Crippen molar-refractivity contribution in [3.63, 3.8) is 0 Å². The first-order chi connectivity index (χ1) is 13.0. The van der Waals surface area contributed by atoms with Gasteiger partial charge in [0.15, 0.2) is 0 Å². The number of amides is 1. The number of rotatable bonds is 5. The Balaban J connectivity index is 1.73. The molecule has 0 spiro atoms. The van der Waals surface area contributed by atoms with Crippen LogP contribution in [0.15, 0.2) is 33.8 Å². The molecule has 144 valence electrons. The largest absolute Gasteiger partial charge is 0.316 e. The van der Waals surface area contributed by atoms with Crippen molar-refractivity contribution in [2.24, 2.45) is 5.10 Å². The first-order valence-electron chi connectivity index (χ1n) is 9.46. The third kappa shape index (κ3) is 4.50. The van der Waals surface area contributed by atoms with Crippen LogP contribution >= 0.6 is 15.9 Å². The van der Waals surface area contributed by atoms with Gasteiger partial charge in [0.05, 0.1) is 12.8 Å². The Labute approximate surface area is 169 Å². The lowest BCUT2D eigenvalue weighted by atomic mass is 10.1. The van der Waals surface area contributed by atoms with Crippen molar-refractivity contribution in [2.45, 2.75) is 40.0 Å². The van der Waals surface area contributed by atoms with Crippen LogP contribution in [0.1, 0.15) is 41.8 Å². The van der Waals surface area contributed by atoms with E-state index in [0.29, 0.717) is 6.54 Å². The summed E-state index contributed by atoms with van der Waals surface area (Å²) in [5.74, 6) is -0.0583. The zero-order chi connectivity index (χ0) is 19.4. The van der Waals surface area contributed by atoms with Crippen molar-refractivity contribution in [1.82, 2.24) is 14.9 Å². The average molecular weight is 431 g/mol. The quantitative estimate of drug-likeness (QED) is 0.573. The minimum Gasteiger partial charge on any atom is -0.316 e. The molecule has 0 radical (unpaired) electrons. The lowest BCUT2D eigenvalue weighted by Gasteiger charge is -2.25. The van der Waals surface area contributed by atoms with Gasteiger partial charge < -0.3 is 4.57 Å². The Morgan fingerprint density at radius 1 is 1.15 bits per heavy atom. The first kappa shape index (κ1) is 19.8. The summed E-state index contributed by atoms with van der Waals surface area (Å²) in [6.07, 6.45) is 5.35. The van der Waals surface area contributed by atoms with Crippen LogP contribution in [-0.4, -0.2) is 41.2 Å². The van der Waals surface area contributed by atoms with E-state index in [1.165, 1.54) is 24.8 Å². The zero-order valence-corrected chi connectivity index (χ0v) is 17.8. The van der Waals surface area contributed by atoms with Gasteiger partial charge in [0.25, 0.3) is 5.91 Å². The van der Waals surface area contributed by atoms with Crippen LogP contribution in [0.4, 0.5) is 0 Å². The van der Waals surface area contributed by atoms with Gasteiger partial charge in [-0.15, -0.1) is 0 Å². The number of nitrogens with zero attached hydrogens (tertiary/aromatic N) is 3. The molecule has 0 atom stereocenters. The topological polar surface area (TPSA) is 49.6 Å². The number of likely N-dealkylation sites (tertiary alicyclic amines) is 1. The SMILES string of the molecule is Cc1ccccc1-n1c(C)c(Br)c(/C=N\NC(=O)CN2CCCCC2)c1C. The third-order valence-corrected chi connectivity index (χ3v) is 6.17. The van der Waals surface area contributed by atoms with Crippen LogP contribution in [0.5, 0.6) is 0 Å². The molecular formula is C21H27BrN4O.